The van der Waals surface area contributed by atoms with Gasteiger partial charge in [-0.1, -0.05) is 90.9 Å². The molecule has 0 radical (unpaired) electrons. The zero-order chi connectivity index (χ0) is 30.9. The van der Waals surface area contributed by atoms with E-state index in [1.165, 1.54) is 25.7 Å². The topological polar surface area (TPSA) is 9.23 Å². The smallest absolute Gasteiger partial charge is 0.194 e. The molecule has 2 aliphatic carbocycles. The second-order valence-corrected chi connectivity index (χ2v) is 13.1. The maximum atomic E-state index is 14.5. The fourth-order valence-corrected chi connectivity index (χ4v) is 7.49. The van der Waals surface area contributed by atoms with E-state index in [9.17, 15) is 26.3 Å². The lowest BCUT2D eigenvalue weighted by atomic mass is 9.74. The Morgan fingerprint density at radius 1 is 0.535 bits per heavy atom. The number of hydrogen-bond donors (Lipinski definition) is 0. The van der Waals surface area contributed by atoms with Gasteiger partial charge in [-0.3, -0.25) is 0 Å². The van der Waals surface area contributed by atoms with Gasteiger partial charge in [-0.25, -0.2) is 26.3 Å². The molecule has 4 rings (SSSR count). The van der Waals surface area contributed by atoms with Crippen molar-refractivity contribution in [1.82, 2.24) is 0 Å². The Hall–Kier alpha value is -2.02. The summed E-state index contributed by atoms with van der Waals surface area (Å²) in [5.74, 6) is -7.30. The van der Waals surface area contributed by atoms with Gasteiger partial charge < -0.3 is 4.74 Å². The molecule has 0 saturated heterocycles. The average molecular weight is 611 g/mol. The molecule has 2 saturated carbocycles. The van der Waals surface area contributed by atoms with Crippen LogP contribution in [0.15, 0.2) is 24.3 Å². The van der Waals surface area contributed by atoms with Gasteiger partial charge in [0.2, 0.25) is 0 Å². The van der Waals surface area contributed by atoms with Crippen molar-refractivity contribution in [1.29, 1.82) is 0 Å². The molecule has 0 amide bonds. The summed E-state index contributed by atoms with van der Waals surface area (Å²) < 4.78 is 92.9. The molecule has 2 unspecified atom stereocenters. The number of benzene rings is 2. The van der Waals surface area contributed by atoms with Crippen molar-refractivity contribution >= 4 is 0 Å². The molecular formula is C36H48F6O. The Bertz CT molecular complexity index is 1020. The highest BCUT2D eigenvalue weighted by Crippen LogP contribution is 2.47. The quantitative estimate of drug-likeness (QED) is 0.117. The van der Waals surface area contributed by atoms with Crippen molar-refractivity contribution in [2.24, 2.45) is 23.7 Å². The van der Waals surface area contributed by atoms with Gasteiger partial charge in [-0.05, 0) is 84.7 Å². The molecule has 2 atom stereocenters. The van der Waals surface area contributed by atoms with E-state index < -0.39 is 47.1 Å². The minimum Gasteiger partial charge on any atom is -0.365 e. The Morgan fingerprint density at radius 3 is 1.16 bits per heavy atom. The summed E-state index contributed by atoms with van der Waals surface area (Å²) in [4.78, 5) is 0. The third-order valence-corrected chi connectivity index (χ3v) is 10.0. The third-order valence-electron chi connectivity index (χ3n) is 10.0. The molecule has 0 bridgehead atoms. The van der Waals surface area contributed by atoms with Gasteiger partial charge in [0.1, 0.15) is 0 Å². The van der Waals surface area contributed by atoms with Crippen LogP contribution < -0.4 is 0 Å². The van der Waals surface area contributed by atoms with Crippen molar-refractivity contribution < 1.29 is 31.1 Å². The van der Waals surface area contributed by atoms with Crippen LogP contribution in [0.3, 0.4) is 0 Å². The lowest BCUT2D eigenvalue weighted by Gasteiger charge is -2.40. The summed E-state index contributed by atoms with van der Waals surface area (Å²) in [6.45, 7) is 4.35. The maximum Gasteiger partial charge on any atom is 0.194 e. The van der Waals surface area contributed by atoms with Crippen LogP contribution in [-0.2, 0) is 4.74 Å². The van der Waals surface area contributed by atoms with Crippen LogP contribution in [0, 0.1) is 58.6 Å². The van der Waals surface area contributed by atoms with Crippen LogP contribution in [0.1, 0.15) is 140 Å². The SMILES string of the molecule is CCCCCC1CCC(C(OC(c2cc(F)c(F)c(F)c2)C2CCC(CCCCC)CC2)c2cc(F)c(F)c(F)c2)CC1. The summed E-state index contributed by atoms with van der Waals surface area (Å²) in [6.07, 6.45) is 14.6. The highest BCUT2D eigenvalue weighted by molar-refractivity contribution is 5.25. The molecule has 0 aromatic heterocycles. The number of ether oxygens (including phenoxy) is 1. The molecule has 1 nitrogen and oxygen atoms in total. The monoisotopic (exact) mass is 610 g/mol. The zero-order valence-corrected chi connectivity index (χ0v) is 25.8. The second-order valence-electron chi connectivity index (χ2n) is 13.1. The molecule has 43 heavy (non-hydrogen) atoms. The number of unbranched alkanes of at least 4 members (excludes halogenated alkanes) is 4. The van der Waals surface area contributed by atoms with Crippen LogP contribution in [0.2, 0.25) is 0 Å². The van der Waals surface area contributed by atoms with Gasteiger partial charge in [-0.15, -0.1) is 0 Å². The fraction of sp³-hybridized carbons (Fsp3) is 0.667. The van der Waals surface area contributed by atoms with Crippen molar-refractivity contribution in [3.63, 3.8) is 0 Å². The fourth-order valence-electron chi connectivity index (χ4n) is 7.49. The lowest BCUT2D eigenvalue weighted by Crippen LogP contribution is -2.29. The number of hydrogen-bond acceptors (Lipinski definition) is 1. The first-order valence-electron chi connectivity index (χ1n) is 16.7. The Balaban J connectivity index is 1.62. The zero-order valence-electron chi connectivity index (χ0n) is 25.8. The van der Waals surface area contributed by atoms with Gasteiger partial charge in [0.25, 0.3) is 0 Å². The molecule has 2 aromatic carbocycles. The highest BCUT2D eigenvalue weighted by atomic mass is 19.2. The van der Waals surface area contributed by atoms with Gasteiger partial charge in [0.05, 0.1) is 12.2 Å². The van der Waals surface area contributed by atoms with E-state index in [0.717, 1.165) is 101 Å². The molecule has 0 aliphatic heterocycles. The minimum atomic E-state index is -1.54. The Kier molecular flexibility index (Phi) is 12.9. The largest absolute Gasteiger partial charge is 0.365 e. The summed E-state index contributed by atoms with van der Waals surface area (Å²) >= 11 is 0. The van der Waals surface area contributed by atoms with E-state index >= 15 is 0 Å². The molecule has 0 N–H and O–H groups in total. The van der Waals surface area contributed by atoms with Gasteiger partial charge in [0, 0.05) is 0 Å². The van der Waals surface area contributed by atoms with Crippen LogP contribution >= 0.6 is 0 Å². The summed E-state index contributed by atoms with van der Waals surface area (Å²) in [6, 6.07) is 3.96. The van der Waals surface area contributed by atoms with Crippen molar-refractivity contribution in [2.75, 3.05) is 0 Å². The molecule has 2 aromatic rings. The summed E-state index contributed by atoms with van der Waals surface area (Å²) in [5, 5.41) is 0. The van der Waals surface area contributed by atoms with E-state index in [2.05, 4.69) is 13.8 Å². The molecule has 240 valence electrons. The van der Waals surface area contributed by atoms with Crippen LogP contribution in [0.5, 0.6) is 0 Å². The summed E-state index contributed by atoms with van der Waals surface area (Å²) in [5.41, 5.74) is 0.374. The van der Waals surface area contributed by atoms with E-state index in [-0.39, 0.29) is 23.0 Å². The first-order valence-corrected chi connectivity index (χ1v) is 16.7. The van der Waals surface area contributed by atoms with Crippen molar-refractivity contribution in [3.8, 4) is 0 Å². The summed E-state index contributed by atoms with van der Waals surface area (Å²) in [7, 11) is 0. The molecule has 0 spiro atoms. The Morgan fingerprint density at radius 2 is 0.860 bits per heavy atom. The lowest BCUT2D eigenvalue weighted by molar-refractivity contribution is -0.0912. The van der Waals surface area contributed by atoms with Crippen LogP contribution in [-0.4, -0.2) is 0 Å². The molecule has 7 heteroatoms. The van der Waals surface area contributed by atoms with Gasteiger partial charge in [0.15, 0.2) is 34.9 Å². The molecule has 0 heterocycles. The molecule has 2 aliphatic rings. The van der Waals surface area contributed by atoms with Crippen molar-refractivity contribution in [3.05, 3.63) is 70.3 Å². The highest BCUT2D eigenvalue weighted by Gasteiger charge is 2.37. The average Bonchev–Trinajstić information content (AvgIpc) is 3.00. The second kappa shape index (κ2) is 16.3. The van der Waals surface area contributed by atoms with E-state index in [0.29, 0.717) is 11.8 Å². The van der Waals surface area contributed by atoms with Crippen LogP contribution in [0.25, 0.3) is 0 Å². The Labute approximate surface area is 253 Å². The maximum absolute atomic E-state index is 14.5. The normalized spacial score (nSPS) is 24.2. The van der Waals surface area contributed by atoms with Crippen LogP contribution in [0.4, 0.5) is 26.3 Å². The predicted octanol–water partition coefficient (Wildman–Crippen LogP) is 12.1. The van der Waals surface area contributed by atoms with Gasteiger partial charge in [-0.2, -0.15) is 0 Å². The number of halogens is 6. The first-order chi connectivity index (χ1) is 20.7. The predicted molar refractivity (Wildman–Crippen MR) is 158 cm³/mol. The molecular weight excluding hydrogens is 562 g/mol. The standard InChI is InChI=1S/C36H48F6O/c1-3-5-7-9-23-11-15-25(16-12-23)35(27-19-29(37)33(41)30(38)20-27)43-36(28-21-31(39)34(42)32(40)22-28)26-17-13-24(14-18-26)10-8-6-4-2/h19-26,35-36H,3-18H2,1-2H3. The minimum absolute atomic E-state index is 0.102. The van der Waals surface area contributed by atoms with E-state index in [1.807, 2.05) is 0 Å². The van der Waals surface area contributed by atoms with E-state index in [4.69, 9.17) is 4.74 Å². The first kappa shape index (κ1) is 33.9. The van der Waals surface area contributed by atoms with Gasteiger partial charge >= 0.3 is 0 Å². The van der Waals surface area contributed by atoms with Crippen molar-refractivity contribution in [2.45, 2.75) is 129 Å². The molecule has 2 fully saturated rings. The van der Waals surface area contributed by atoms with E-state index in [1.54, 1.807) is 0 Å². The third kappa shape index (κ3) is 9.02. The number of rotatable bonds is 14.